The van der Waals surface area contributed by atoms with Crippen molar-refractivity contribution in [2.24, 2.45) is 5.92 Å². The molecule has 1 aromatic heterocycles. The predicted molar refractivity (Wildman–Crippen MR) is 78.7 cm³/mol. The third kappa shape index (κ3) is 2.23. The van der Waals surface area contributed by atoms with Crippen molar-refractivity contribution in [3.05, 3.63) is 53.0 Å². The molecule has 7 heteroatoms. The van der Waals surface area contributed by atoms with Crippen molar-refractivity contribution in [3.8, 4) is 0 Å². The maximum absolute atomic E-state index is 13.7. The lowest BCUT2D eigenvalue weighted by Crippen LogP contribution is -2.38. The second-order valence-electron chi connectivity index (χ2n) is 5.84. The van der Waals surface area contributed by atoms with Gasteiger partial charge >= 0.3 is 0 Å². The minimum absolute atomic E-state index is 0.0310. The summed E-state index contributed by atoms with van der Waals surface area (Å²) in [6.45, 7) is 1.73. The number of nitrogens with one attached hydrogen (secondary N) is 1. The molecule has 118 valence electrons. The fraction of sp³-hybridized carbons (Fsp3) is 0.312. The van der Waals surface area contributed by atoms with E-state index in [1.165, 1.54) is 12.1 Å². The van der Waals surface area contributed by atoms with Crippen LogP contribution in [0.1, 0.15) is 30.3 Å². The van der Waals surface area contributed by atoms with E-state index >= 15 is 0 Å². The zero-order valence-corrected chi connectivity index (χ0v) is 12.4. The van der Waals surface area contributed by atoms with Crippen LogP contribution in [0.15, 0.2) is 30.0 Å². The molecule has 4 rings (SSSR count). The fourth-order valence-electron chi connectivity index (χ4n) is 3.36. The number of carbonyl (C=O) groups is 1. The number of hydrogen-bond donors (Lipinski definition) is 1. The summed E-state index contributed by atoms with van der Waals surface area (Å²) in [5.41, 5.74) is 1.11. The molecule has 0 saturated carbocycles. The van der Waals surface area contributed by atoms with Crippen molar-refractivity contribution in [3.63, 3.8) is 0 Å². The van der Waals surface area contributed by atoms with Gasteiger partial charge in [-0.05, 0) is 31.0 Å². The summed E-state index contributed by atoms with van der Waals surface area (Å²) in [5.74, 6) is -0.839. The van der Waals surface area contributed by atoms with Crippen molar-refractivity contribution in [2.45, 2.75) is 25.8 Å². The van der Waals surface area contributed by atoms with E-state index < -0.39 is 23.6 Å². The number of benzene rings is 1. The predicted octanol–water partition coefficient (Wildman–Crippen LogP) is 2.74. The minimum atomic E-state index is -0.675. The molecule has 0 radical (unpaired) electrons. The number of anilines is 1. The van der Waals surface area contributed by atoms with Crippen LogP contribution in [-0.2, 0) is 4.79 Å². The van der Waals surface area contributed by atoms with Gasteiger partial charge in [-0.25, -0.2) is 13.5 Å². The standard InChI is InChI=1S/C16H14F2N4O/c1-8-19-16-20-12-3-2-4-13(23)14(12)15(22(16)21-8)9-5-10(17)7-11(18)6-9/h3,5-7,14-15H,2,4H2,1H3,(H,19,20,21)/t14-,15-/m1/s1. The SMILES string of the molecule is Cc1nc2n(n1)[C@H](c1cc(F)cc(F)c1)[C@H]1C(=O)CCC=C1N2. The maximum Gasteiger partial charge on any atom is 0.226 e. The van der Waals surface area contributed by atoms with Crippen molar-refractivity contribution in [1.82, 2.24) is 14.8 Å². The van der Waals surface area contributed by atoms with E-state index in [-0.39, 0.29) is 5.78 Å². The minimum Gasteiger partial charge on any atom is -0.328 e. The first-order valence-electron chi connectivity index (χ1n) is 7.42. The molecule has 5 nitrogen and oxygen atoms in total. The third-order valence-corrected chi connectivity index (χ3v) is 4.24. The molecule has 1 aliphatic carbocycles. The average Bonchev–Trinajstić information content (AvgIpc) is 2.84. The largest absolute Gasteiger partial charge is 0.328 e. The van der Waals surface area contributed by atoms with Crippen molar-refractivity contribution >= 4 is 11.7 Å². The summed E-state index contributed by atoms with van der Waals surface area (Å²) in [4.78, 5) is 16.8. The number of aromatic nitrogens is 3. The highest BCUT2D eigenvalue weighted by molar-refractivity contribution is 5.87. The van der Waals surface area contributed by atoms with Gasteiger partial charge in [0.1, 0.15) is 23.2 Å². The van der Waals surface area contributed by atoms with Crippen LogP contribution in [0.3, 0.4) is 0 Å². The zero-order valence-electron chi connectivity index (χ0n) is 12.4. The van der Waals surface area contributed by atoms with Gasteiger partial charge in [0.15, 0.2) is 0 Å². The van der Waals surface area contributed by atoms with Crippen LogP contribution >= 0.6 is 0 Å². The van der Waals surface area contributed by atoms with E-state index in [9.17, 15) is 13.6 Å². The second kappa shape index (κ2) is 4.97. The molecule has 0 spiro atoms. The van der Waals surface area contributed by atoms with E-state index in [0.717, 1.165) is 11.8 Å². The van der Waals surface area contributed by atoms with Gasteiger partial charge in [0.25, 0.3) is 0 Å². The van der Waals surface area contributed by atoms with Gasteiger partial charge < -0.3 is 5.32 Å². The van der Waals surface area contributed by atoms with Crippen LogP contribution in [0.25, 0.3) is 0 Å². The summed E-state index contributed by atoms with van der Waals surface area (Å²) in [6.07, 6.45) is 3.00. The molecule has 1 N–H and O–H groups in total. The summed E-state index contributed by atoms with van der Waals surface area (Å²) in [7, 11) is 0. The highest BCUT2D eigenvalue weighted by atomic mass is 19.1. The quantitative estimate of drug-likeness (QED) is 0.879. The van der Waals surface area contributed by atoms with E-state index in [1.54, 1.807) is 11.6 Å². The summed E-state index contributed by atoms with van der Waals surface area (Å²) < 4.78 is 28.9. The summed E-state index contributed by atoms with van der Waals surface area (Å²) >= 11 is 0. The lowest BCUT2D eigenvalue weighted by atomic mass is 9.81. The maximum atomic E-state index is 13.7. The molecule has 0 unspecified atom stereocenters. The van der Waals surface area contributed by atoms with Crippen LogP contribution in [0.4, 0.5) is 14.7 Å². The molecule has 0 fully saturated rings. The third-order valence-electron chi connectivity index (χ3n) is 4.24. The van der Waals surface area contributed by atoms with Gasteiger partial charge in [0, 0.05) is 18.2 Å². The molecule has 2 aliphatic rings. The Morgan fingerprint density at radius 3 is 2.74 bits per heavy atom. The van der Waals surface area contributed by atoms with Crippen LogP contribution in [-0.4, -0.2) is 20.5 Å². The fourth-order valence-corrected chi connectivity index (χ4v) is 3.36. The number of carbonyl (C=O) groups excluding carboxylic acids is 1. The van der Waals surface area contributed by atoms with Gasteiger partial charge in [0.2, 0.25) is 5.95 Å². The Balaban J connectivity index is 1.94. The molecule has 2 aromatic rings. The van der Waals surface area contributed by atoms with Crippen LogP contribution in [0.2, 0.25) is 0 Å². The number of nitrogens with zero attached hydrogens (tertiary/aromatic N) is 3. The topological polar surface area (TPSA) is 59.8 Å². The zero-order chi connectivity index (χ0) is 16.1. The Bertz CT molecular complexity index is 822. The Morgan fingerprint density at radius 1 is 1.26 bits per heavy atom. The Hall–Kier alpha value is -2.57. The monoisotopic (exact) mass is 316 g/mol. The smallest absolute Gasteiger partial charge is 0.226 e. The lowest BCUT2D eigenvalue weighted by Gasteiger charge is -2.36. The van der Waals surface area contributed by atoms with Crippen molar-refractivity contribution in [2.75, 3.05) is 5.32 Å². The van der Waals surface area contributed by atoms with E-state index in [0.29, 0.717) is 30.2 Å². The first-order valence-corrected chi connectivity index (χ1v) is 7.42. The second-order valence-corrected chi connectivity index (χ2v) is 5.84. The van der Waals surface area contributed by atoms with E-state index in [4.69, 9.17) is 0 Å². The van der Waals surface area contributed by atoms with Gasteiger partial charge in [-0.2, -0.15) is 10.1 Å². The number of Topliss-reactive ketones (excluding diaryl/α,β-unsaturated/α-hetero) is 1. The van der Waals surface area contributed by atoms with Crippen molar-refractivity contribution < 1.29 is 13.6 Å². The van der Waals surface area contributed by atoms with Gasteiger partial charge in [0.05, 0.1) is 12.0 Å². The van der Waals surface area contributed by atoms with Crippen LogP contribution < -0.4 is 5.32 Å². The van der Waals surface area contributed by atoms with E-state index in [1.807, 2.05) is 6.08 Å². The van der Waals surface area contributed by atoms with Crippen LogP contribution in [0, 0.1) is 24.5 Å². The van der Waals surface area contributed by atoms with Gasteiger partial charge in [-0.1, -0.05) is 6.08 Å². The molecule has 1 aromatic carbocycles. The molecule has 23 heavy (non-hydrogen) atoms. The number of allylic oxidation sites excluding steroid dienone is 2. The first-order chi connectivity index (χ1) is 11.0. The summed E-state index contributed by atoms with van der Waals surface area (Å²) in [6, 6.07) is 2.72. The lowest BCUT2D eigenvalue weighted by molar-refractivity contribution is -0.123. The van der Waals surface area contributed by atoms with Crippen LogP contribution in [0.5, 0.6) is 0 Å². The number of hydrogen-bond acceptors (Lipinski definition) is 4. The Labute approximate surface area is 131 Å². The molecule has 0 bridgehead atoms. The number of rotatable bonds is 1. The summed E-state index contributed by atoms with van der Waals surface area (Å²) in [5, 5.41) is 7.43. The molecule has 2 heterocycles. The Kier molecular flexibility index (Phi) is 3.04. The number of halogens is 2. The molecule has 0 amide bonds. The number of ketones is 1. The Morgan fingerprint density at radius 2 is 2.00 bits per heavy atom. The van der Waals surface area contributed by atoms with Gasteiger partial charge in [-0.15, -0.1) is 0 Å². The number of fused-ring (bicyclic) bond motifs is 2. The average molecular weight is 316 g/mol. The van der Waals surface area contributed by atoms with E-state index in [2.05, 4.69) is 15.4 Å². The highest BCUT2D eigenvalue weighted by Gasteiger charge is 2.41. The van der Waals surface area contributed by atoms with Gasteiger partial charge in [-0.3, -0.25) is 4.79 Å². The van der Waals surface area contributed by atoms with Crippen molar-refractivity contribution in [1.29, 1.82) is 0 Å². The first kappa shape index (κ1) is 14.0. The normalized spacial score (nSPS) is 22.9. The molecule has 0 saturated heterocycles. The highest BCUT2D eigenvalue weighted by Crippen LogP contribution is 2.41. The molecular weight excluding hydrogens is 302 g/mol. The molecule has 1 aliphatic heterocycles. The molecular formula is C16H14F2N4O. The molecule has 2 atom stereocenters. The number of aryl methyl sites for hydroxylation is 1.